The third kappa shape index (κ3) is 4.81. The summed E-state index contributed by atoms with van der Waals surface area (Å²) in [4.78, 5) is 35.7. The number of rotatable bonds is 7. The Bertz CT molecular complexity index is 535. The maximum absolute atomic E-state index is 11.8. The molecule has 0 fully saturated rings. The van der Waals surface area contributed by atoms with Gasteiger partial charge in [-0.1, -0.05) is 11.6 Å². The highest BCUT2D eigenvalue weighted by Crippen LogP contribution is 2.20. The van der Waals surface area contributed by atoms with Gasteiger partial charge in [-0.05, 0) is 18.9 Å². The molecule has 0 aliphatic rings. The fraction of sp³-hybridized carbons (Fsp3) is 0.364. The lowest BCUT2D eigenvalue weighted by atomic mass is 10.2. The first-order valence-corrected chi connectivity index (χ1v) is 6.09. The van der Waals surface area contributed by atoms with Crippen LogP contribution in [0.5, 0.6) is 0 Å². The number of hydrogen-bond donors (Lipinski definition) is 2. The SMILES string of the molecule is O=C(O)CCCCNC(=O)c1cc(Cl)ncc1[N+](=O)[O-]. The highest BCUT2D eigenvalue weighted by atomic mass is 35.5. The van der Waals surface area contributed by atoms with Gasteiger partial charge in [-0.3, -0.25) is 19.7 Å². The molecule has 0 saturated heterocycles. The van der Waals surface area contributed by atoms with E-state index in [0.29, 0.717) is 12.8 Å². The van der Waals surface area contributed by atoms with Gasteiger partial charge < -0.3 is 10.4 Å². The number of unbranched alkanes of at least 4 members (excludes halogenated alkanes) is 1. The summed E-state index contributed by atoms with van der Waals surface area (Å²) >= 11 is 5.61. The minimum absolute atomic E-state index is 0.0110. The Morgan fingerprint density at radius 1 is 1.45 bits per heavy atom. The maximum atomic E-state index is 11.8. The Kier molecular flexibility index (Phi) is 5.85. The number of nitrogens with zero attached hydrogens (tertiary/aromatic N) is 2. The van der Waals surface area contributed by atoms with Crippen LogP contribution in [0, 0.1) is 10.1 Å². The minimum atomic E-state index is -0.909. The van der Waals surface area contributed by atoms with Crippen LogP contribution >= 0.6 is 11.6 Å². The van der Waals surface area contributed by atoms with Crippen LogP contribution in [0.25, 0.3) is 0 Å². The number of carboxylic acid groups (broad SMARTS) is 1. The second kappa shape index (κ2) is 7.39. The van der Waals surface area contributed by atoms with E-state index in [2.05, 4.69) is 10.3 Å². The standard InChI is InChI=1S/C11H12ClN3O5/c12-9-5-7(8(6-14-9)15(19)20)11(18)13-4-2-1-3-10(16)17/h5-6H,1-4H2,(H,13,18)(H,16,17). The Labute approximate surface area is 118 Å². The summed E-state index contributed by atoms with van der Waals surface area (Å²) in [5, 5.41) is 21.7. The predicted molar refractivity (Wildman–Crippen MR) is 69.7 cm³/mol. The van der Waals surface area contributed by atoms with Crippen molar-refractivity contribution in [1.29, 1.82) is 0 Å². The molecule has 0 aliphatic heterocycles. The number of aliphatic carboxylic acids is 1. The molecule has 9 heteroatoms. The van der Waals surface area contributed by atoms with Crippen LogP contribution in [-0.4, -0.2) is 33.4 Å². The van der Waals surface area contributed by atoms with Crippen molar-refractivity contribution in [2.75, 3.05) is 6.54 Å². The van der Waals surface area contributed by atoms with Gasteiger partial charge in [0.2, 0.25) is 0 Å². The van der Waals surface area contributed by atoms with Gasteiger partial charge in [0, 0.05) is 13.0 Å². The smallest absolute Gasteiger partial charge is 0.303 e. The first kappa shape index (κ1) is 15.8. The summed E-state index contributed by atoms with van der Waals surface area (Å²) in [5.41, 5.74) is -0.606. The first-order chi connectivity index (χ1) is 9.41. The zero-order valence-electron chi connectivity index (χ0n) is 10.3. The molecule has 0 unspecified atom stereocenters. The molecule has 0 radical (unpaired) electrons. The topological polar surface area (TPSA) is 122 Å². The third-order valence-corrected chi connectivity index (χ3v) is 2.60. The van der Waals surface area contributed by atoms with Gasteiger partial charge in [-0.15, -0.1) is 0 Å². The number of nitrogens with one attached hydrogen (secondary N) is 1. The van der Waals surface area contributed by atoms with Crippen LogP contribution in [0.2, 0.25) is 5.15 Å². The average molecular weight is 302 g/mol. The molecule has 0 bridgehead atoms. The summed E-state index contributed by atoms with van der Waals surface area (Å²) in [6.07, 6.45) is 1.80. The lowest BCUT2D eigenvalue weighted by molar-refractivity contribution is -0.385. The highest BCUT2D eigenvalue weighted by Gasteiger charge is 2.20. The Morgan fingerprint density at radius 3 is 2.75 bits per heavy atom. The van der Waals surface area contributed by atoms with Crippen LogP contribution < -0.4 is 5.32 Å². The third-order valence-electron chi connectivity index (χ3n) is 2.39. The van der Waals surface area contributed by atoms with E-state index < -0.39 is 22.5 Å². The molecule has 0 spiro atoms. The molecule has 108 valence electrons. The monoisotopic (exact) mass is 301 g/mol. The lowest BCUT2D eigenvalue weighted by Crippen LogP contribution is -2.25. The molecule has 0 atom stereocenters. The number of carbonyl (C=O) groups is 2. The van der Waals surface area contributed by atoms with Crippen molar-refractivity contribution < 1.29 is 19.6 Å². The molecular weight excluding hydrogens is 290 g/mol. The molecular formula is C11H12ClN3O5. The molecule has 1 rings (SSSR count). The highest BCUT2D eigenvalue weighted by molar-refractivity contribution is 6.29. The van der Waals surface area contributed by atoms with Gasteiger partial charge in [0.05, 0.1) is 4.92 Å². The summed E-state index contributed by atoms with van der Waals surface area (Å²) in [6, 6.07) is 1.12. The van der Waals surface area contributed by atoms with Gasteiger partial charge in [-0.25, -0.2) is 4.98 Å². The van der Waals surface area contributed by atoms with Crippen molar-refractivity contribution in [3.63, 3.8) is 0 Å². The number of hydrogen-bond acceptors (Lipinski definition) is 5. The van der Waals surface area contributed by atoms with Crippen LogP contribution in [-0.2, 0) is 4.79 Å². The normalized spacial score (nSPS) is 10.1. The van der Waals surface area contributed by atoms with E-state index in [1.54, 1.807) is 0 Å². The molecule has 1 aromatic heterocycles. The molecule has 0 saturated carbocycles. The Balaban J connectivity index is 2.61. The number of carboxylic acids is 1. The summed E-state index contributed by atoms with van der Waals surface area (Å²) in [5.74, 6) is -1.55. The van der Waals surface area contributed by atoms with Crippen LogP contribution in [0.4, 0.5) is 5.69 Å². The van der Waals surface area contributed by atoms with E-state index in [0.717, 1.165) is 12.3 Å². The number of carbonyl (C=O) groups excluding carboxylic acids is 1. The summed E-state index contributed by atoms with van der Waals surface area (Å²) < 4.78 is 0. The zero-order valence-corrected chi connectivity index (χ0v) is 11.1. The van der Waals surface area contributed by atoms with Crippen molar-refractivity contribution in [3.05, 3.63) is 33.1 Å². The van der Waals surface area contributed by atoms with Crippen LogP contribution in [0.3, 0.4) is 0 Å². The van der Waals surface area contributed by atoms with Crippen molar-refractivity contribution in [1.82, 2.24) is 10.3 Å². The molecule has 0 aromatic carbocycles. The van der Waals surface area contributed by atoms with Crippen molar-refractivity contribution in [2.45, 2.75) is 19.3 Å². The number of amides is 1. The van der Waals surface area contributed by atoms with Gasteiger partial charge in [0.15, 0.2) is 0 Å². The van der Waals surface area contributed by atoms with Gasteiger partial charge in [0.25, 0.3) is 11.6 Å². The minimum Gasteiger partial charge on any atom is -0.481 e. The number of pyridine rings is 1. The van der Waals surface area contributed by atoms with Gasteiger partial charge >= 0.3 is 5.97 Å². The van der Waals surface area contributed by atoms with Crippen molar-refractivity contribution in [3.8, 4) is 0 Å². The van der Waals surface area contributed by atoms with Crippen LogP contribution in [0.15, 0.2) is 12.3 Å². The van der Waals surface area contributed by atoms with Gasteiger partial charge in [0.1, 0.15) is 16.9 Å². The second-order valence-electron chi connectivity index (χ2n) is 3.89. The fourth-order valence-electron chi connectivity index (χ4n) is 1.45. The van der Waals surface area contributed by atoms with E-state index in [1.807, 2.05) is 0 Å². The number of nitro groups is 1. The quantitative estimate of drug-likeness (QED) is 0.341. The molecule has 1 amide bonds. The zero-order chi connectivity index (χ0) is 15.1. The first-order valence-electron chi connectivity index (χ1n) is 5.71. The number of aromatic nitrogens is 1. The summed E-state index contributed by atoms with van der Waals surface area (Å²) in [7, 11) is 0. The molecule has 1 heterocycles. The Hall–Kier alpha value is -2.22. The summed E-state index contributed by atoms with van der Waals surface area (Å²) in [6.45, 7) is 0.225. The second-order valence-corrected chi connectivity index (χ2v) is 4.28. The van der Waals surface area contributed by atoms with E-state index in [4.69, 9.17) is 16.7 Å². The van der Waals surface area contributed by atoms with Crippen molar-refractivity contribution >= 4 is 29.2 Å². The largest absolute Gasteiger partial charge is 0.481 e. The molecule has 1 aromatic rings. The number of halogens is 1. The molecule has 0 aliphatic carbocycles. The van der Waals surface area contributed by atoms with Gasteiger partial charge in [-0.2, -0.15) is 0 Å². The van der Waals surface area contributed by atoms with E-state index >= 15 is 0 Å². The Morgan fingerprint density at radius 2 is 2.15 bits per heavy atom. The van der Waals surface area contributed by atoms with E-state index in [1.165, 1.54) is 0 Å². The fourth-order valence-corrected chi connectivity index (χ4v) is 1.61. The lowest BCUT2D eigenvalue weighted by Gasteiger charge is -2.05. The average Bonchev–Trinajstić information content (AvgIpc) is 2.37. The van der Waals surface area contributed by atoms with E-state index in [9.17, 15) is 19.7 Å². The van der Waals surface area contributed by atoms with Crippen molar-refractivity contribution in [2.24, 2.45) is 0 Å². The van der Waals surface area contributed by atoms with E-state index in [-0.39, 0.29) is 23.7 Å². The molecule has 8 nitrogen and oxygen atoms in total. The van der Waals surface area contributed by atoms with Crippen LogP contribution in [0.1, 0.15) is 29.6 Å². The molecule has 2 N–H and O–H groups in total. The maximum Gasteiger partial charge on any atom is 0.303 e. The predicted octanol–water partition coefficient (Wildman–Crippen LogP) is 1.63. The molecule has 20 heavy (non-hydrogen) atoms.